The number of unbranched alkanes of at least 4 members (excludes halogenated alkanes) is 2. The summed E-state index contributed by atoms with van der Waals surface area (Å²) in [5.41, 5.74) is 2.87. The van der Waals surface area contributed by atoms with Crippen molar-refractivity contribution in [3.63, 3.8) is 0 Å². The van der Waals surface area contributed by atoms with Gasteiger partial charge in [0.15, 0.2) is 5.60 Å². The van der Waals surface area contributed by atoms with Crippen LogP contribution in [0.15, 0.2) is 146 Å². The zero-order chi connectivity index (χ0) is 57.9. The molecule has 6 nitrogen and oxygen atoms in total. The van der Waals surface area contributed by atoms with E-state index in [0.29, 0.717) is 78.8 Å². The van der Waals surface area contributed by atoms with E-state index in [9.17, 15) is 18.0 Å². The van der Waals surface area contributed by atoms with E-state index < -0.39 is 34.5 Å². The van der Waals surface area contributed by atoms with Crippen molar-refractivity contribution in [1.82, 2.24) is 0 Å². The fraction of sp³-hybridized carbons (Fsp3) is 0.300. The highest BCUT2D eigenvalue weighted by Crippen LogP contribution is 2.62. The van der Waals surface area contributed by atoms with E-state index in [-0.39, 0.29) is 28.7 Å². The van der Waals surface area contributed by atoms with Gasteiger partial charge in [0.05, 0.1) is 32.5 Å². The summed E-state index contributed by atoms with van der Waals surface area (Å²) in [5.74, 6) is 3.08. The SMILES string of the molecule is CCCCC[C@H]1CC[C@H](c2ccc(C(=O)Nc3ccc(-c4ccc(-c5cc6c7c(c8c(c6cc5OC)OC(c5ccc(OC)cc5)(c5ccc(OC)cc5)C=C8)C(C)(C)c5c-7cc(C(F)(F)F)cc5C(F)(F)F)c(C)c4)cc3)cc2)CC1. The van der Waals surface area contributed by atoms with Crippen LogP contribution in [0.4, 0.5) is 32.0 Å². The molecule has 2 aliphatic carbocycles. The number of nitrogens with one attached hydrogen (secondary N) is 1. The molecule has 8 aromatic carbocycles. The van der Waals surface area contributed by atoms with Gasteiger partial charge >= 0.3 is 12.4 Å². The highest BCUT2D eigenvalue weighted by molar-refractivity contribution is 6.11. The summed E-state index contributed by atoms with van der Waals surface area (Å²) in [6.45, 7) is 7.44. The number of rotatable bonds is 14. The summed E-state index contributed by atoms with van der Waals surface area (Å²) < 4.78 is 115. The largest absolute Gasteiger partial charge is 0.497 e. The van der Waals surface area contributed by atoms with E-state index >= 15 is 13.2 Å². The number of aryl methyl sites for hydroxylation is 1. The summed E-state index contributed by atoms with van der Waals surface area (Å²) in [5, 5.41) is 3.85. The quantitative estimate of drug-likeness (QED) is 0.0868. The van der Waals surface area contributed by atoms with Gasteiger partial charge in [0, 0.05) is 44.3 Å². The number of hydrogen-bond donors (Lipinski definition) is 1. The Labute approximate surface area is 475 Å². The van der Waals surface area contributed by atoms with Gasteiger partial charge in [-0.1, -0.05) is 119 Å². The Morgan fingerprint density at radius 2 is 1.28 bits per heavy atom. The minimum absolute atomic E-state index is 0.160. The first kappa shape index (κ1) is 55.9. The molecule has 8 aromatic rings. The lowest BCUT2D eigenvalue weighted by atomic mass is 9.75. The van der Waals surface area contributed by atoms with Gasteiger partial charge in [-0.2, -0.15) is 26.3 Å². The van der Waals surface area contributed by atoms with Gasteiger partial charge in [-0.3, -0.25) is 4.79 Å². The summed E-state index contributed by atoms with van der Waals surface area (Å²) in [6, 6.07) is 40.9. The van der Waals surface area contributed by atoms with Gasteiger partial charge in [0.1, 0.15) is 23.0 Å². The minimum atomic E-state index is -5.13. The molecule has 1 fully saturated rings. The van der Waals surface area contributed by atoms with Crippen molar-refractivity contribution < 1.29 is 50.1 Å². The summed E-state index contributed by atoms with van der Waals surface area (Å²) in [7, 11) is 4.65. The lowest BCUT2D eigenvalue weighted by molar-refractivity contribution is -0.143. The molecule has 1 N–H and O–H groups in total. The van der Waals surface area contributed by atoms with E-state index in [1.807, 2.05) is 128 Å². The number of carbonyl (C=O) groups is 1. The van der Waals surface area contributed by atoms with Crippen LogP contribution < -0.4 is 24.3 Å². The summed E-state index contributed by atoms with van der Waals surface area (Å²) in [6.07, 6.45) is 3.56. The summed E-state index contributed by atoms with van der Waals surface area (Å²) >= 11 is 0. The maximum Gasteiger partial charge on any atom is 0.416 e. The number of benzene rings is 8. The molecule has 0 atom stereocenters. The average molecular weight is 1110 g/mol. The molecular weight excluding hydrogens is 1050 g/mol. The first-order valence-electron chi connectivity index (χ1n) is 28.1. The number of halogens is 6. The van der Waals surface area contributed by atoms with E-state index in [4.69, 9.17) is 18.9 Å². The molecule has 1 heterocycles. The molecule has 1 amide bonds. The number of methoxy groups -OCH3 is 3. The van der Waals surface area contributed by atoms with Crippen LogP contribution in [0.2, 0.25) is 0 Å². The average Bonchev–Trinajstić information content (AvgIpc) is 3.83. The molecule has 82 heavy (non-hydrogen) atoms. The number of hydrogen-bond acceptors (Lipinski definition) is 5. The van der Waals surface area contributed by atoms with Crippen molar-refractivity contribution in [2.75, 3.05) is 26.6 Å². The third-order valence-corrected chi connectivity index (χ3v) is 17.4. The number of fused-ring (bicyclic) bond motifs is 8. The molecular formula is C70H65F6NO5. The van der Waals surface area contributed by atoms with Gasteiger partial charge in [-0.15, -0.1) is 0 Å². The van der Waals surface area contributed by atoms with Crippen LogP contribution in [0.25, 0.3) is 50.2 Å². The predicted octanol–water partition coefficient (Wildman–Crippen LogP) is 19.3. The van der Waals surface area contributed by atoms with E-state index in [1.54, 1.807) is 34.1 Å². The zero-order valence-corrected chi connectivity index (χ0v) is 47.1. The molecule has 0 bridgehead atoms. The Balaban J connectivity index is 0.974. The first-order chi connectivity index (χ1) is 39.3. The lowest BCUT2D eigenvalue weighted by Crippen LogP contribution is -2.35. The zero-order valence-electron chi connectivity index (χ0n) is 47.1. The van der Waals surface area contributed by atoms with Crippen molar-refractivity contribution in [3.8, 4) is 56.4 Å². The molecule has 1 saturated carbocycles. The van der Waals surface area contributed by atoms with Crippen molar-refractivity contribution in [3.05, 3.63) is 201 Å². The Bertz CT molecular complexity index is 3690. The third-order valence-electron chi connectivity index (χ3n) is 17.4. The van der Waals surface area contributed by atoms with Gasteiger partial charge in [-0.25, -0.2) is 0 Å². The molecule has 0 spiro atoms. The highest BCUT2D eigenvalue weighted by atomic mass is 19.4. The van der Waals surface area contributed by atoms with Crippen molar-refractivity contribution in [2.45, 2.75) is 108 Å². The van der Waals surface area contributed by atoms with Gasteiger partial charge in [0.2, 0.25) is 0 Å². The number of ether oxygens (including phenoxy) is 4. The molecule has 1 aliphatic heterocycles. The van der Waals surface area contributed by atoms with Gasteiger partial charge in [0.25, 0.3) is 5.91 Å². The third kappa shape index (κ3) is 10.2. The number of anilines is 1. The molecule has 12 heteroatoms. The molecule has 11 rings (SSSR count). The first-order valence-corrected chi connectivity index (χ1v) is 28.1. The van der Waals surface area contributed by atoms with Crippen molar-refractivity contribution >= 4 is 28.4 Å². The van der Waals surface area contributed by atoms with E-state index in [1.165, 1.54) is 64.0 Å². The summed E-state index contributed by atoms with van der Waals surface area (Å²) in [4.78, 5) is 13.5. The van der Waals surface area contributed by atoms with Crippen molar-refractivity contribution in [2.24, 2.45) is 5.92 Å². The Hall–Kier alpha value is -7.99. The van der Waals surface area contributed by atoms with Crippen LogP contribution in [0.3, 0.4) is 0 Å². The lowest BCUT2D eigenvalue weighted by Gasteiger charge is -2.38. The van der Waals surface area contributed by atoms with Gasteiger partial charge in [-0.05, 0) is 179 Å². The van der Waals surface area contributed by atoms with Crippen LogP contribution in [-0.2, 0) is 23.4 Å². The molecule has 0 saturated heterocycles. The van der Waals surface area contributed by atoms with Crippen LogP contribution in [-0.4, -0.2) is 27.2 Å². The molecule has 0 unspecified atom stereocenters. The van der Waals surface area contributed by atoms with Gasteiger partial charge < -0.3 is 24.3 Å². The maximum atomic E-state index is 15.4. The predicted molar refractivity (Wildman–Crippen MR) is 313 cm³/mol. The normalized spacial score (nSPS) is 16.9. The van der Waals surface area contributed by atoms with Crippen LogP contribution in [0, 0.1) is 12.8 Å². The topological polar surface area (TPSA) is 66.0 Å². The molecule has 0 aromatic heterocycles. The van der Waals surface area contributed by atoms with E-state index in [2.05, 4.69) is 24.4 Å². The minimum Gasteiger partial charge on any atom is -0.497 e. The van der Waals surface area contributed by atoms with E-state index in [0.717, 1.165) is 34.2 Å². The second-order valence-electron chi connectivity index (χ2n) is 22.7. The second kappa shape index (κ2) is 21.7. The maximum absolute atomic E-state index is 15.4. The standard InChI is InChI=1S/C70H65F6NO5/c1-8-9-10-11-42-12-14-43(15-13-42)44-16-18-46(19-17-44)66(78)77-51-27-20-45(21-28-51)47-22-33-54(41(2)36-47)56-39-57-58(40-61(56)81-7)65-55(64-62(57)59-37-50(69(71,72)73)38-60(70(74,75)76)63(59)67(64,3)4)34-35-68(82-65,48-23-29-52(79-5)30-24-48)49-25-31-53(80-6)32-26-49/h16-40,42-43H,8-15H2,1-7H3,(H,77,78)/t42-,43-. The second-order valence-corrected chi connectivity index (χ2v) is 22.7. The Morgan fingerprint density at radius 3 is 1.85 bits per heavy atom. The molecule has 3 aliphatic rings. The fourth-order valence-electron chi connectivity index (χ4n) is 13.1. The number of carbonyl (C=O) groups excluding carboxylic acids is 1. The van der Waals surface area contributed by atoms with Crippen LogP contribution >= 0.6 is 0 Å². The number of alkyl halides is 6. The van der Waals surface area contributed by atoms with Crippen LogP contribution in [0.1, 0.15) is 138 Å². The Kier molecular flexibility index (Phi) is 14.8. The fourth-order valence-corrected chi connectivity index (χ4v) is 13.1. The number of amides is 1. The molecule has 0 radical (unpaired) electrons. The monoisotopic (exact) mass is 1110 g/mol. The van der Waals surface area contributed by atoms with Crippen molar-refractivity contribution in [1.29, 1.82) is 0 Å². The molecule has 422 valence electrons. The Morgan fingerprint density at radius 1 is 0.646 bits per heavy atom. The smallest absolute Gasteiger partial charge is 0.416 e. The van der Waals surface area contributed by atoms with Crippen LogP contribution in [0.5, 0.6) is 23.0 Å². The highest BCUT2D eigenvalue weighted by Gasteiger charge is 2.50.